The summed E-state index contributed by atoms with van der Waals surface area (Å²) in [6.07, 6.45) is 4.13. The molecule has 0 spiro atoms. The molecule has 0 fully saturated rings. The van der Waals surface area contributed by atoms with E-state index in [2.05, 4.69) is 34.2 Å². The normalized spacial score (nSPS) is 18.0. The van der Waals surface area contributed by atoms with Crippen LogP contribution in [0.1, 0.15) is 23.2 Å². The minimum atomic E-state index is 0.290. The van der Waals surface area contributed by atoms with Gasteiger partial charge in [0.25, 0.3) is 0 Å². The summed E-state index contributed by atoms with van der Waals surface area (Å²) in [7, 11) is 0. The highest BCUT2D eigenvalue weighted by Crippen LogP contribution is 2.29. The van der Waals surface area contributed by atoms with E-state index in [1.54, 1.807) is 0 Å². The molecule has 0 amide bonds. The summed E-state index contributed by atoms with van der Waals surface area (Å²) in [5, 5.41) is 0. The van der Waals surface area contributed by atoms with E-state index in [-0.39, 0.29) is 5.95 Å². The number of rotatable bonds is 2. The monoisotopic (exact) mass is 254 g/mol. The molecular weight excluding hydrogens is 236 g/mol. The van der Waals surface area contributed by atoms with Gasteiger partial charge in [0.2, 0.25) is 5.95 Å². The lowest BCUT2D eigenvalue weighted by Crippen LogP contribution is -2.20. The number of aromatic nitrogens is 2. The van der Waals surface area contributed by atoms with E-state index < -0.39 is 0 Å². The van der Waals surface area contributed by atoms with Crippen LogP contribution in [-0.4, -0.2) is 9.97 Å². The molecule has 1 aromatic heterocycles. The van der Waals surface area contributed by atoms with Crippen molar-refractivity contribution in [3.05, 3.63) is 47.2 Å². The summed E-state index contributed by atoms with van der Waals surface area (Å²) >= 11 is 0. The second kappa shape index (κ2) is 4.88. The fourth-order valence-electron chi connectivity index (χ4n) is 2.85. The molecule has 1 aliphatic rings. The van der Waals surface area contributed by atoms with Gasteiger partial charge >= 0.3 is 0 Å². The molecule has 0 bridgehead atoms. The van der Waals surface area contributed by atoms with Crippen molar-refractivity contribution in [3.63, 3.8) is 0 Å². The highest BCUT2D eigenvalue weighted by Gasteiger charge is 2.23. The Labute approximate surface area is 112 Å². The predicted molar refractivity (Wildman–Crippen MR) is 76.5 cm³/mol. The van der Waals surface area contributed by atoms with Crippen LogP contribution in [0.3, 0.4) is 0 Å². The van der Waals surface area contributed by atoms with E-state index in [4.69, 9.17) is 11.5 Å². The fourth-order valence-corrected chi connectivity index (χ4v) is 2.85. The van der Waals surface area contributed by atoms with E-state index in [1.807, 2.05) is 6.07 Å². The Morgan fingerprint density at radius 2 is 1.89 bits per heavy atom. The third kappa shape index (κ3) is 2.52. The number of hydrogen-bond donors (Lipinski definition) is 2. The zero-order chi connectivity index (χ0) is 13.2. The summed E-state index contributed by atoms with van der Waals surface area (Å²) < 4.78 is 0. The molecule has 3 rings (SSSR count). The zero-order valence-corrected chi connectivity index (χ0v) is 10.8. The number of fused-ring (bicyclic) bond motifs is 1. The molecule has 1 heterocycles. The number of hydrogen-bond acceptors (Lipinski definition) is 4. The number of benzene rings is 1. The first-order valence-electron chi connectivity index (χ1n) is 6.67. The summed E-state index contributed by atoms with van der Waals surface area (Å²) in [6.45, 7) is 0. The first kappa shape index (κ1) is 12.0. The first-order chi connectivity index (χ1) is 9.22. The Morgan fingerprint density at radius 3 is 2.68 bits per heavy atom. The summed E-state index contributed by atoms with van der Waals surface area (Å²) in [5.74, 6) is 1.46. The van der Waals surface area contributed by atoms with Crippen LogP contribution in [0.15, 0.2) is 30.3 Å². The van der Waals surface area contributed by atoms with Gasteiger partial charge in [-0.2, -0.15) is 4.98 Å². The standard InChI is InChI=1S/C15H18N4/c16-14-12-9-11(8-10-4-2-1-3-5-10)6-7-13(12)18-15(17)19-14/h1-5,11H,6-9H2,(H4,16,17,18,19)/t11-/m0/s1. The molecule has 4 heteroatoms. The Kier molecular flexibility index (Phi) is 3.07. The maximum atomic E-state index is 5.97. The van der Waals surface area contributed by atoms with Gasteiger partial charge in [0.1, 0.15) is 5.82 Å². The molecule has 0 saturated heterocycles. The molecule has 4 N–H and O–H groups in total. The lowest BCUT2D eigenvalue weighted by Gasteiger charge is -2.24. The summed E-state index contributed by atoms with van der Waals surface area (Å²) in [4.78, 5) is 8.38. The van der Waals surface area contributed by atoms with Crippen molar-refractivity contribution >= 4 is 11.8 Å². The Bertz CT molecular complexity index is 580. The molecule has 1 aliphatic carbocycles. The van der Waals surface area contributed by atoms with Crippen molar-refractivity contribution in [2.24, 2.45) is 5.92 Å². The van der Waals surface area contributed by atoms with Crippen LogP contribution in [-0.2, 0) is 19.3 Å². The number of nitrogens with zero attached hydrogens (tertiary/aromatic N) is 2. The Hall–Kier alpha value is -2.10. The van der Waals surface area contributed by atoms with Crippen LogP contribution in [0.2, 0.25) is 0 Å². The van der Waals surface area contributed by atoms with E-state index in [0.29, 0.717) is 11.7 Å². The van der Waals surface area contributed by atoms with E-state index >= 15 is 0 Å². The summed E-state index contributed by atoms with van der Waals surface area (Å²) in [6, 6.07) is 10.6. The van der Waals surface area contributed by atoms with Crippen LogP contribution < -0.4 is 11.5 Å². The molecule has 98 valence electrons. The molecule has 2 aromatic rings. The van der Waals surface area contributed by atoms with Crippen molar-refractivity contribution < 1.29 is 0 Å². The second-order valence-corrected chi connectivity index (χ2v) is 5.19. The maximum Gasteiger partial charge on any atom is 0.222 e. The van der Waals surface area contributed by atoms with Crippen LogP contribution in [0.25, 0.3) is 0 Å². The molecule has 0 radical (unpaired) electrons. The van der Waals surface area contributed by atoms with Gasteiger partial charge in [0.05, 0.1) is 5.69 Å². The van der Waals surface area contributed by atoms with Crippen molar-refractivity contribution in [3.8, 4) is 0 Å². The molecule has 19 heavy (non-hydrogen) atoms. The van der Waals surface area contributed by atoms with Crippen molar-refractivity contribution in [1.29, 1.82) is 0 Å². The van der Waals surface area contributed by atoms with Crippen molar-refractivity contribution in [2.45, 2.75) is 25.7 Å². The average molecular weight is 254 g/mol. The quantitative estimate of drug-likeness (QED) is 0.859. The van der Waals surface area contributed by atoms with Crippen LogP contribution in [0, 0.1) is 5.92 Å². The minimum absolute atomic E-state index is 0.290. The average Bonchev–Trinajstić information content (AvgIpc) is 2.40. The van der Waals surface area contributed by atoms with Crippen molar-refractivity contribution in [2.75, 3.05) is 11.5 Å². The van der Waals surface area contributed by atoms with Gasteiger partial charge in [-0.15, -0.1) is 0 Å². The smallest absolute Gasteiger partial charge is 0.222 e. The number of nitrogen functional groups attached to an aromatic ring is 2. The van der Waals surface area contributed by atoms with Crippen LogP contribution in [0.5, 0.6) is 0 Å². The van der Waals surface area contributed by atoms with Gasteiger partial charge in [0, 0.05) is 5.56 Å². The van der Waals surface area contributed by atoms with Gasteiger partial charge in [-0.05, 0) is 37.2 Å². The Balaban J connectivity index is 1.79. The van der Waals surface area contributed by atoms with Gasteiger partial charge < -0.3 is 11.5 Å². The predicted octanol–water partition coefficient (Wildman–Crippen LogP) is 1.99. The lowest BCUT2D eigenvalue weighted by molar-refractivity contribution is 0.450. The number of anilines is 2. The van der Waals surface area contributed by atoms with Gasteiger partial charge in [-0.3, -0.25) is 0 Å². The first-order valence-corrected chi connectivity index (χ1v) is 6.67. The number of aryl methyl sites for hydroxylation is 1. The van der Waals surface area contributed by atoms with Crippen molar-refractivity contribution in [1.82, 2.24) is 9.97 Å². The number of nitrogens with two attached hydrogens (primary N) is 2. The third-order valence-corrected chi connectivity index (χ3v) is 3.79. The zero-order valence-electron chi connectivity index (χ0n) is 10.8. The van der Waals surface area contributed by atoms with E-state index in [0.717, 1.165) is 36.9 Å². The molecular formula is C15H18N4. The largest absolute Gasteiger partial charge is 0.383 e. The third-order valence-electron chi connectivity index (χ3n) is 3.79. The highest BCUT2D eigenvalue weighted by atomic mass is 15.0. The van der Waals surface area contributed by atoms with Gasteiger partial charge in [0.15, 0.2) is 0 Å². The molecule has 1 atom stereocenters. The second-order valence-electron chi connectivity index (χ2n) is 5.19. The van der Waals surface area contributed by atoms with E-state index in [1.165, 1.54) is 5.56 Å². The minimum Gasteiger partial charge on any atom is -0.383 e. The van der Waals surface area contributed by atoms with E-state index in [9.17, 15) is 0 Å². The van der Waals surface area contributed by atoms with Gasteiger partial charge in [-0.1, -0.05) is 30.3 Å². The van der Waals surface area contributed by atoms with Crippen LogP contribution in [0.4, 0.5) is 11.8 Å². The summed E-state index contributed by atoms with van der Waals surface area (Å²) in [5.41, 5.74) is 15.1. The molecule has 1 aromatic carbocycles. The van der Waals surface area contributed by atoms with Crippen LogP contribution >= 0.6 is 0 Å². The molecule has 0 saturated carbocycles. The topological polar surface area (TPSA) is 77.8 Å². The maximum absolute atomic E-state index is 5.97. The van der Waals surface area contributed by atoms with Gasteiger partial charge in [-0.25, -0.2) is 4.98 Å². The Morgan fingerprint density at radius 1 is 1.11 bits per heavy atom. The highest BCUT2D eigenvalue weighted by molar-refractivity contribution is 5.47. The molecule has 4 nitrogen and oxygen atoms in total. The fraction of sp³-hybridized carbons (Fsp3) is 0.333. The SMILES string of the molecule is Nc1nc(N)c2c(n1)CC[C@@H](Cc1ccccc1)C2. The molecule has 0 unspecified atom stereocenters. The lowest BCUT2D eigenvalue weighted by atomic mass is 9.83. The molecule has 0 aliphatic heterocycles.